The van der Waals surface area contributed by atoms with Crippen LogP contribution in [-0.2, 0) is 6.61 Å². The zero-order valence-corrected chi connectivity index (χ0v) is 18.3. The summed E-state index contributed by atoms with van der Waals surface area (Å²) in [4.78, 5) is 29.4. The van der Waals surface area contributed by atoms with Gasteiger partial charge in [-0.3, -0.25) is 9.59 Å². The molecule has 7 nitrogen and oxygen atoms in total. The standard InChI is InChI=1S/C24H18BrN3O4/c25-18-9-10-21(26-14-18)28-23(29)16-5-4-6-19(13-16)27-24(30)22-17(11-12-31-22)15-32-20-7-2-1-3-8-20/h1-14H,15H2,(H,27,30)(H,26,28,29). The molecule has 0 bridgehead atoms. The number of hydrogen-bond donors (Lipinski definition) is 2. The molecule has 4 rings (SSSR count). The summed E-state index contributed by atoms with van der Waals surface area (Å²) in [5.41, 5.74) is 1.44. The highest BCUT2D eigenvalue weighted by atomic mass is 79.9. The molecule has 2 aromatic carbocycles. The lowest BCUT2D eigenvalue weighted by molar-refractivity contribution is 0.0990. The van der Waals surface area contributed by atoms with Crippen LogP contribution in [0.5, 0.6) is 5.75 Å². The Hall–Kier alpha value is -3.91. The zero-order chi connectivity index (χ0) is 22.3. The maximum atomic E-state index is 12.7. The summed E-state index contributed by atoms with van der Waals surface area (Å²) in [6.07, 6.45) is 3.03. The van der Waals surface area contributed by atoms with Crippen molar-refractivity contribution in [3.8, 4) is 5.75 Å². The van der Waals surface area contributed by atoms with E-state index in [-0.39, 0.29) is 18.3 Å². The van der Waals surface area contributed by atoms with Crippen molar-refractivity contribution >= 4 is 39.2 Å². The molecular formula is C24H18BrN3O4. The van der Waals surface area contributed by atoms with Crippen LogP contribution in [0.2, 0.25) is 0 Å². The number of hydrogen-bond acceptors (Lipinski definition) is 5. The van der Waals surface area contributed by atoms with E-state index in [1.807, 2.05) is 30.3 Å². The fourth-order valence-electron chi connectivity index (χ4n) is 2.89. The predicted octanol–water partition coefficient (Wildman–Crippen LogP) is 5.52. The highest BCUT2D eigenvalue weighted by molar-refractivity contribution is 9.10. The van der Waals surface area contributed by atoms with Crippen molar-refractivity contribution in [3.63, 3.8) is 0 Å². The molecule has 0 saturated carbocycles. The third kappa shape index (κ3) is 5.41. The Morgan fingerprint density at radius 2 is 1.78 bits per heavy atom. The second-order valence-corrected chi connectivity index (χ2v) is 7.64. The maximum Gasteiger partial charge on any atom is 0.291 e. The SMILES string of the molecule is O=C(Nc1ccc(Br)cn1)c1cccc(NC(=O)c2occc2COc2ccccc2)c1. The Balaban J connectivity index is 1.41. The number of anilines is 2. The number of pyridine rings is 1. The number of para-hydroxylation sites is 1. The van der Waals surface area contributed by atoms with Gasteiger partial charge in [-0.1, -0.05) is 24.3 Å². The number of rotatable bonds is 7. The van der Waals surface area contributed by atoms with Crippen LogP contribution < -0.4 is 15.4 Å². The predicted molar refractivity (Wildman–Crippen MR) is 124 cm³/mol. The average molecular weight is 492 g/mol. The molecule has 32 heavy (non-hydrogen) atoms. The van der Waals surface area contributed by atoms with Crippen LogP contribution >= 0.6 is 15.9 Å². The van der Waals surface area contributed by atoms with Crippen molar-refractivity contribution in [2.45, 2.75) is 6.61 Å². The molecule has 0 aliphatic heterocycles. The topological polar surface area (TPSA) is 93.5 Å². The number of amides is 2. The van der Waals surface area contributed by atoms with Gasteiger partial charge < -0.3 is 19.8 Å². The lowest BCUT2D eigenvalue weighted by atomic mass is 10.1. The lowest BCUT2D eigenvalue weighted by Crippen LogP contribution is -2.16. The van der Waals surface area contributed by atoms with Crippen LogP contribution in [0.1, 0.15) is 26.5 Å². The van der Waals surface area contributed by atoms with E-state index >= 15 is 0 Å². The molecule has 0 atom stereocenters. The maximum absolute atomic E-state index is 12.7. The number of aromatic nitrogens is 1. The summed E-state index contributed by atoms with van der Waals surface area (Å²) < 4.78 is 11.9. The Labute approximate surface area is 192 Å². The van der Waals surface area contributed by atoms with Gasteiger partial charge in [0.2, 0.25) is 0 Å². The Bertz CT molecular complexity index is 1220. The van der Waals surface area contributed by atoms with E-state index in [0.29, 0.717) is 28.4 Å². The second kappa shape index (κ2) is 9.93. The highest BCUT2D eigenvalue weighted by Crippen LogP contribution is 2.19. The van der Waals surface area contributed by atoms with E-state index in [0.717, 1.165) is 4.47 Å². The van der Waals surface area contributed by atoms with Crippen molar-refractivity contribution in [3.05, 3.63) is 107 Å². The van der Waals surface area contributed by atoms with Crippen LogP contribution in [0.15, 0.2) is 94.1 Å². The Morgan fingerprint density at radius 3 is 2.56 bits per heavy atom. The molecule has 0 aliphatic rings. The Kier molecular flexibility index (Phi) is 6.62. The molecule has 0 fully saturated rings. The van der Waals surface area contributed by atoms with Crippen LogP contribution in [0.25, 0.3) is 0 Å². The van der Waals surface area contributed by atoms with Gasteiger partial charge in [-0.25, -0.2) is 4.98 Å². The first kappa shape index (κ1) is 21.3. The fraction of sp³-hybridized carbons (Fsp3) is 0.0417. The van der Waals surface area contributed by atoms with Gasteiger partial charge in [-0.2, -0.15) is 0 Å². The first-order valence-corrected chi connectivity index (χ1v) is 10.5. The number of carbonyl (C=O) groups is 2. The molecule has 4 aromatic rings. The number of nitrogens with one attached hydrogen (secondary N) is 2. The number of ether oxygens (including phenoxy) is 1. The number of carbonyl (C=O) groups excluding carboxylic acids is 2. The van der Waals surface area contributed by atoms with Crippen LogP contribution in [0, 0.1) is 0 Å². The van der Waals surface area contributed by atoms with Gasteiger partial charge >= 0.3 is 0 Å². The number of benzene rings is 2. The summed E-state index contributed by atoms with van der Waals surface area (Å²) in [6, 6.07) is 21.1. The summed E-state index contributed by atoms with van der Waals surface area (Å²) in [5, 5.41) is 5.48. The van der Waals surface area contributed by atoms with Crippen molar-refractivity contribution in [2.75, 3.05) is 10.6 Å². The first-order chi connectivity index (χ1) is 15.6. The third-order valence-electron chi connectivity index (χ3n) is 4.44. The molecule has 2 amide bonds. The minimum Gasteiger partial charge on any atom is -0.489 e. The average Bonchev–Trinajstić information content (AvgIpc) is 3.29. The first-order valence-electron chi connectivity index (χ1n) is 9.67. The summed E-state index contributed by atoms with van der Waals surface area (Å²) in [5.74, 6) is 0.486. The van der Waals surface area contributed by atoms with Crippen molar-refractivity contribution in [2.24, 2.45) is 0 Å². The van der Waals surface area contributed by atoms with Gasteiger partial charge in [-0.05, 0) is 64.5 Å². The molecule has 8 heteroatoms. The van der Waals surface area contributed by atoms with Crippen LogP contribution in [0.3, 0.4) is 0 Å². The fourth-order valence-corrected chi connectivity index (χ4v) is 3.13. The van der Waals surface area contributed by atoms with Gasteiger partial charge in [0.1, 0.15) is 18.2 Å². The zero-order valence-electron chi connectivity index (χ0n) is 16.7. The van der Waals surface area contributed by atoms with Crippen molar-refractivity contribution in [1.29, 1.82) is 0 Å². The lowest BCUT2D eigenvalue weighted by Gasteiger charge is -2.09. The smallest absolute Gasteiger partial charge is 0.291 e. The van der Waals surface area contributed by atoms with Crippen molar-refractivity contribution < 1.29 is 18.7 Å². The summed E-state index contributed by atoms with van der Waals surface area (Å²) >= 11 is 3.30. The van der Waals surface area contributed by atoms with E-state index in [1.54, 1.807) is 48.7 Å². The second-order valence-electron chi connectivity index (χ2n) is 6.73. The van der Waals surface area contributed by atoms with E-state index in [2.05, 4.69) is 31.5 Å². The Morgan fingerprint density at radius 1 is 0.938 bits per heavy atom. The van der Waals surface area contributed by atoms with Gasteiger partial charge in [0.25, 0.3) is 11.8 Å². The van der Waals surface area contributed by atoms with E-state index in [1.165, 1.54) is 6.26 Å². The molecule has 0 saturated heterocycles. The van der Waals surface area contributed by atoms with E-state index in [4.69, 9.17) is 9.15 Å². The van der Waals surface area contributed by atoms with E-state index in [9.17, 15) is 9.59 Å². The third-order valence-corrected chi connectivity index (χ3v) is 4.91. The summed E-state index contributed by atoms with van der Waals surface area (Å²) in [7, 11) is 0. The number of furan rings is 1. The normalized spacial score (nSPS) is 10.4. The molecule has 2 heterocycles. The molecular weight excluding hydrogens is 474 g/mol. The highest BCUT2D eigenvalue weighted by Gasteiger charge is 2.17. The molecule has 0 spiro atoms. The molecule has 0 unspecified atom stereocenters. The minimum absolute atomic E-state index is 0.148. The quantitative estimate of drug-likeness (QED) is 0.354. The molecule has 0 aliphatic carbocycles. The number of halogens is 1. The minimum atomic E-state index is -0.436. The molecule has 160 valence electrons. The monoisotopic (exact) mass is 491 g/mol. The molecule has 2 N–H and O–H groups in total. The number of nitrogens with zero attached hydrogens (tertiary/aromatic N) is 1. The van der Waals surface area contributed by atoms with Gasteiger partial charge in [-0.15, -0.1) is 0 Å². The van der Waals surface area contributed by atoms with E-state index < -0.39 is 5.91 Å². The largest absolute Gasteiger partial charge is 0.489 e. The molecule has 0 radical (unpaired) electrons. The van der Waals surface area contributed by atoms with Gasteiger partial charge in [0.05, 0.1) is 6.26 Å². The summed E-state index contributed by atoms with van der Waals surface area (Å²) in [6.45, 7) is 0.186. The van der Waals surface area contributed by atoms with Crippen LogP contribution in [-0.4, -0.2) is 16.8 Å². The van der Waals surface area contributed by atoms with Gasteiger partial charge in [0, 0.05) is 27.5 Å². The van der Waals surface area contributed by atoms with Crippen molar-refractivity contribution in [1.82, 2.24) is 4.98 Å². The molecule has 2 aromatic heterocycles. The van der Waals surface area contributed by atoms with Gasteiger partial charge in [0.15, 0.2) is 5.76 Å². The van der Waals surface area contributed by atoms with Crippen LogP contribution in [0.4, 0.5) is 11.5 Å².